The maximum absolute atomic E-state index is 11.5. The number of anilines is 1. The van der Waals surface area contributed by atoms with Gasteiger partial charge in [-0.05, 0) is 6.07 Å². The quantitative estimate of drug-likeness (QED) is 0.763. The van der Waals surface area contributed by atoms with Gasteiger partial charge in [-0.3, -0.25) is 19.0 Å². The summed E-state index contributed by atoms with van der Waals surface area (Å²) in [5, 5.41) is 4.17. The van der Waals surface area contributed by atoms with Crippen molar-refractivity contribution in [3.63, 3.8) is 0 Å². The van der Waals surface area contributed by atoms with Crippen LogP contribution >= 0.6 is 0 Å². The molecule has 1 fully saturated rings. The van der Waals surface area contributed by atoms with E-state index in [-0.39, 0.29) is 11.2 Å². The SMILES string of the molecule is Cn1c(=O)cc(N2CC(n3cccn3)C2)[nH]c1=O. The highest BCUT2D eigenvalue weighted by molar-refractivity contribution is 5.40. The third-order valence-electron chi connectivity index (χ3n) is 3.23. The van der Waals surface area contributed by atoms with Crippen LogP contribution in [0.1, 0.15) is 6.04 Å². The largest absolute Gasteiger partial charge is 0.353 e. The predicted molar refractivity (Wildman–Crippen MR) is 65.8 cm³/mol. The van der Waals surface area contributed by atoms with Gasteiger partial charge in [0.15, 0.2) is 0 Å². The van der Waals surface area contributed by atoms with E-state index >= 15 is 0 Å². The van der Waals surface area contributed by atoms with Gasteiger partial charge in [0.05, 0.1) is 6.04 Å². The molecule has 0 bridgehead atoms. The summed E-state index contributed by atoms with van der Waals surface area (Å²) in [6.45, 7) is 1.48. The van der Waals surface area contributed by atoms with E-state index in [9.17, 15) is 9.59 Å². The second kappa shape index (κ2) is 3.86. The van der Waals surface area contributed by atoms with Crippen LogP contribution in [0.15, 0.2) is 34.1 Å². The number of aromatic nitrogens is 4. The van der Waals surface area contributed by atoms with E-state index in [0.717, 1.165) is 17.7 Å². The Labute approximate surface area is 102 Å². The molecule has 7 nitrogen and oxygen atoms in total. The molecule has 0 aliphatic carbocycles. The molecule has 1 saturated heterocycles. The maximum atomic E-state index is 11.5. The van der Waals surface area contributed by atoms with Crippen molar-refractivity contribution >= 4 is 5.82 Å². The van der Waals surface area contributed by atoms with Gasteiger partial charge in [0.1, 0.15) is 5.82 Å². The Kier molecular flexibility index (Phi) is 2.32. The van der Waals surface area contributed by atoms with Crippen molar-refractivity contribution < 1.29 is 0 Å². The topological polar surface area (TPSA) is 75.9 Å². The summed E-state index contributed by atoms with van der Waals surface area (Å²) < 4.78 is 2.93. The first kappa shape index (κ1) is 10.8. The molecule has 0 aromatic carbocycles. The lowest BCUT2D eigenvalue weighted by Crippen LogP contribution is -2.49. The highest BCUT2D eigenvalue weighted by Crippen LogP contribution is 2.23. The smallest absolute Gasteiger partial charge is 0.329 e. The fourth-order valence-electron chi connectivity index (χ4n) is 2.03. The third kappa shape index (κ3) is 1.64. The van der Waals surface area contributed by atoms with Crippen LogP contribution in [0, 0.1) is 0 Å². The van der Waals surface area contributed by atoms with Crippen LogP contribution in [-0.4, -0.2) is 32.4 Å². The molecule has 1 aliphatic rings. The van der Waals surface area contributed by atoms with Gasteiger partial charge in [-0.2, -0.15) is 5.10 Å². The van der Waals surface area contributed by atoms with Crippen molar-refractivity contribution in [3.8, 4) is 0 Å². The van der Waals surface area contributed by atoms with Gasteiger partial charge in [0.25, 0.3) is 5.56 Å². The lowest BCUT2D eigenvalue weighted by Gasteiger charge is -2.40. The first-order valence-corrected chi connectivity index (χ1v) is 5.69. The normalized spacial score (nSPS) is 15.7. The Morgan fingerprint density at radius 2 is 2.17 bits per heavy atom. The molecule has 1 N–H and O–H groups in total. The fraction of sp³-hybridized carbons (Fsp3) is 0.364. The van der Waals surface area contributed by atoms with E-state index in [1.54, 1.807) is 6.20 Å². The average Bonchev–Trinajstić information content (AvgIpc) is 2.77. The van der Waals surface area contributed by atoms with Crippen molar-refractivity contribution in [1.82, 2.24) is 19.3 Å². The summed E-state index contributed by atoms with van der Waals surface area (Å²) in [5.74, 6) is 0.575. The van der Waals surface area contributed by atoms with Crippen LogP contribution in [-0.2, 0) is 7.05 Å². The van der Waals surface area contributed by atoms with E-state index < -0.39 is 0 Å². The number of hydrogen-bond acceptors (Lipinski definition) is 4. The number of rotatable bonds is 2. The van der Waals surface area contributed by atoms with E-state index in [1.807, 2.05) is 21.8 Å². The molecule has 7 heteroatoms. The first-order chi connectivity index (χ1) is 8.65. The van der Waals surface area contributed by atoms with Crippen molar-refractivity contribution in [3.05, 3.63) is 45.4 Å². The molecule has 0 unspecified atom stereocenters. The van der Waals surface area contributed by atoms with Gasteiger partial charge < -0.3 is 4.90 Å². The minimum atomic E-state index is -0.389. The summed E-state index contributed by atoms with van der Waals surface area (Å²) in [6.07, 6.45) is 3.65. The first-order valence-electron chi connectivity index (χ1n) is 5.69. The Morgan fingerprint density at radius 1 is 1.39 bits per heavy atom. The van der Waals surface area contributed by atoms with Crippen molar-refractivity contribution in [2.24, 2.45) is 7.05 Å². The summed E-state index contributed by atoms with van der Waals surface area (Å²) in [5.41, 5.74) is -0.684. The van der Waals surface area contributed by atoms with Gasteiger partial charge in [-0.15, -0.1) is 0 Å². The van der Waals surface area contributed by atoms with Crippen LogP contribution in [0.2, 0.25) is 0 Å². The standard InChI is InChI=1S/C11H13N5O2/c1-14-10(17)5-9(13-11(14)18)15-6-8(7-15)16-4-2-3-12-16/h2-5,8H,6-7H2,1H3,(H,13,18). The number of aromatic amines is 1. The molecule has 3 rings (SSSR count). The molecule has 94 valence electrons. The van der Waals surface area contributed by atoms with Crippen LogP contribution in [0.3, 0.4) is 0 Å². The van der Waals surface area contributed by atoms with Crippen molar-refractivity contribution in [2.75, 3.05) is 18.0 Å². The molecule has 0 saturated carbocycles. The zero-order valence-electron chi connectivity index (χ0n) is 9.91. The minimum absolute atomic E-state index is 0.295. The van der Waals surface area contributed by atoms with Gasteiger partial charge in [0, 0.05) is 38.6 Å². The Bertz CT molecular complexity index is 632. The number of hydrogen-bond donors (Lipinski definition) is 1. The minimum Gasteiger partial charge on any atom is -0.353 e. The molecular weight excluding hydrogens is 234 g/mol. The average molecular weight is 247 g/mol. The molecule has 0 radical (unpaired) electrons. The third-order valence-corrected chi connectivity index (χ3v) is 3.23. The van der Waals surface area contributed by atoms with Gasteiger partial charge >= 0.3 is 5.69 Å². The maximum Gasteiger partial charge on any atom is 0.329 e. The predicted octanol–water partition coefficient (Wildman–Crippen LogP) is -0.669. The van der Waals surface area contributed by atoms with Crippen molar-refractivity contribution in [2.45, 2.75) is 6.04 Å². The second-order valence-electron chi connectivity index (χ2n) is 4.40. The number of nitrogens with one attached hydrogen (secondary N) is 1. The molecule has 0 atom stereocenters. The fourth-order valence-corrected chi connectivity index (χ4v) is 2.03. The zero-order chi connectivity index (χ0) is 12.7. The number of H-pyrrole nitrogens is 1. The van der Waals surface area contributed by atoms with Crippen molar-refractivity contribution in [1.29, 1.82) is 0 Å². The van der Waals surface area contributed by atoms with Gasteiger partial charge in [-0.1, -0.05) is 0 Å². The molecule has 18 heavy (non-hydrogen) atoms. The van der Waals surface area contributed by atoms with Crippen LogP contribution in [0.25, 0.3) is 0 Å². The summed E-state index contributed by atoms with van der Waals surface area (Å²) >= 11 is 0. The van der Waals surface area contributed by atoms with Gasteiger partial charge in [0.2, 0.25) is 0 Å². The molecular formula is C11H13N5O2. The summed E-state index contributed by atoms with van der Waals surface area (Å²) in [4.78, 5) is 27.6. The summed E-state index contributed by atoms with van der Waals surface area (Å²) in [7, 11) is 1.45. The Hall–Kier alpha value is -2.31. The second-order valence-corrected chi connectivity index (χ2v) is 4.40. The van der Waals surface area contributed by atoms with E-state index in [2.05, 4.69) is 10.1 Å². The Morgan fingerprint density at radius 3 is 2.78 bits per heavy atom. The van der Waals surface area contributed by atoms with Crippen LogP contribution in [0.4, 0.5) is 5.82 Å². The Balaban J connectivity index is 1.80. The molecule has 0 amide bonds. The molecule has 2 aromatic rings. The summed E-state index contributed by atoms with van der Waals surface area (Å²) in [6, 6.07) is 3.62. The van der Waals surface area contributed by atoms with E-state index in [4.69, 9.17) is 0 Å². The van der Waals surface area contributed by atoms with Gasteiger partial charge in [-0.25, -0.2) is 4.79 Å². The van der Waals surface area contributed by atoms with Crippen LogP contribution in [0.5, 0.6) is 0 Å². The molecule has 3 heterocycles. The lowest BCUT2D eigenvalue weighted by atomic mass is 10.1. The van der Waals surface area contributed by atoms with E-state index in [1.165, 1.54) is 13.1 Å². The van der Waals surface area contributed by atoms with Crippen LogP contribution < -0.4 is 16.1 Å². The lowest BCUT2D eigenvalue weighted by molar-refractivity contribution is 0.365. The van der Waals surface area contributed by atoms with E-state index in [0.29, 0.717) is 11.9 Å². The monoisotopic (exact) mass is 247 g/mol. The zero-order valence-corrected chi connectivity index (χ0v) is 9.91. The highest BCUT2D eigenvalue weighted by atomic mass is 16.2. The molecule has 2 aromatic heterocycles. The molecule has 1 aliphatic heterocycles. The number of nitrogens with zero attached hydrogens (tertiary/aromatic N) is 4. The highest BCUT2D eigenvalue weighted by Gasteiger charge is 2.29. The molecule has 0 spiro atoms.